The molecule has 0 aliphatic carbocycles. The highest BCUT2D eigenvalue weighted by Crippen LogP contribution is 2.33. The Morgan fingerprint density at radius 2 is 1.74 bits per heavy atom. The van der Waals surface area contributed by atoms with E-state index in [1.807, 2.05) is 35.3 Å². The van der Waals surface area contributed by atoms with Crippen molar-refractivity contribution in [2.75, 3.05) is 13.7 Å². The monoisotopic (exact) mass is 503 g/mol. The molecule has 1 unspecified atom stereocenters. The van der Waals surface area contributed by atoms with Gasteiger partial charge in [0.2, 0.25) is 6.23 Å². The third kappa shape index (κ3) is 8.97. The number of hydrogen-bond acceptors (Lipinski definition) is 6. The molecule has 0 saturated carbocycles. The molecule has 0 spiro atoms. The third-order valence-electron chi connectivity index (χ3n) is 2.97. The van der Waals surface area contributed by atoms with Gasteiger partial charge < -0.3 is 36.5 Å². The van der Waals surface area contributed by atoms with Gasteiger partial charge in [0.25, 0.3) is 0 Å². The Hall–Kier alpha value is -1.99. The van der Waals surface area contributed by atoms with Crippen LogP contribution in [0.5, 0.6) is 5.75 Å². The molecule has 1 aliphatic rings. The van der Waals surface area contributed by atoms with Crippen LogP contribution < -0.4 is 4.74 Å². The molecule has 0 amide bonds. The van der Waals surface area contributed by atoms with E-state index in [0.717, 1.165) is 3.57 Å². The van der Waals surface area contributed by atoms with Crippen molar-refractivity contribution in [2.24, 2.45) is 0 Å². The molecule has 1 aliphatic heterocycles. The first-order valence-corrected chi connectivity index (χ1v) is 8.61. The summed E-state index contributed by atoms with van der Waals surface area (Å²) in [4.78, 5) is 26.6. The van der Waals surface area contributed by atoms with Gasteiger partial charge >= 0.3 is 19.2 Å². The van der Waals surface area contributed by atoms with E-state index >= 15 is 0 Å². The van der Waals surface area contributed by atoms with Gasteiger partial charge in [-0.15, -0.1) is 0 Å². The van der Waals surface area contributed by atoms with Gasteiger partial charge in [0.15, 0.2) is 0 Å². The molecule has 0 fully saturated rings. The molecular formula is C15H17BF4IN2O4-. The summed E-state index contributed by atoms with van der Waals surface area (Å²) in [6, 6.07) is 5.43. The molecule has 1 aromatic carbocycles. The third-order valence-corrected chi connectivity index (χ3v) is 3.64. The van der Waals surface area contributed by atoms with Crippen LogP contribution in [-0.4, -0.2) is 42.7 Å². The van der Waals surface area contributed by atoms with Gasteiger partial charge in [0.05, 0.1) is 12.2 Å². The minimum absolute atomic E-state index is 0.397. The Labute approximate surface area is 167 Å². The second-order valence-electron chi connectivity index (χ2n) is 5.44. The molecule has 1 atom stereocenters. The number of carbonyl (C=O) groups excluding carboxylic acids is 2. The number of halogens is 5. The van der Waals surface area contributed by atoms with Crippen molar-refractivity contribution in [3.05, 3.63) is 39.7 Å². The minimum Gasteiger partial charge on any atom is -0.437 e. The van der Waals surface area contributed by atoms with Crippen molar-refractivity contribution < 1.29 is 36.3 Å². The first kappa shape index (κ1) is 23.1. The Balaban J connectivity index is 0.000000646. The van der Waals surface area contributed by atoms with Crippen LogP contribution in [0.3, 0.4) is 0 Å². The Morgan fingerprint density at radius 1 is 1.15 bits per heavy atom. The lowest BCUT2D eigenvalue weighted by Crippen LogP contribution is -2.30. The van der Waals surface area contributed by atoms with E-state index in [1.54, 1.807) is 12.1 Å². The van der Waals surface area contributed by atoms with E-state index in [0.29, 0.717) is 18.0 Å². The standard InChI is InChI=1S/C15H17IN2O4.BF4/c1-10(19)21-14-8-12(16)4-5-13(14)15(22-11(2)20)18-7-6-17(3)9-18;2-1(3,4)5/h4-8,15H,9H2,1-3H3;/q;-1. The normalized spacial score (nSPS) is 14.4. The van der Waals surface area contributed by atoms with Crippen molar-refractivity contribution in [3.8, 4) is 5.75 Å². The minimum atomic E-state index is -6.00. The van der Waals surface area contributed by atoms with E-state index in [2.05, 4.69) is 22.6 Å². The predicted octanol–water partition coefficient (Wildman–Crippen LogP) is 3.75. The largest absolute Gasteiger partial charge is 0.673 e. The van der Waals surface area contributed by atoms with Gasteiger partial charge in [-0.2, -0.15) is 0 Å². The summed E-state index contributed by atoms with van der Waals surface area (Å²) in [6.45, 7) is 3.27. The summed E-state index contributed by atoms with van der Waals surface area (Å²) in [5.41, 5.74) is 0.630. The summed E-state index contributed by atoms with van der Waals surface area (Å²) in [6.07, 6.45) is 3.07. The molecule has 1 heterocycles. The number of ether oxygens (including phenoxy) is 2. The fourth-order valence-electron chi connectivity index (χ4n) is 2.13. The summed E-state index contributed by atoms with van der Waals surface area (Å²) >= 11 is 2.13. The van der Waals surface area contributed by atoms with Gasteiger partial charge in [-0.3, -0.25) is 9.59 Å². The van der Waals surface area contributed by atoms with Gasteiger partial charge in [0, 0.05) is 36.9 Å². The van der Waals surface area contributed by atoms with Crippen molar-refractivity contribution in [3.63, 3.8) is 0 Å². The highest BCUT2D eigenvalue weighted by molar-refractivity contribution is 14.1. The van der Waals surface area contributed by atoms with Crippen LogP contribution in [0.25, 0.3) is 0 Å². The lowest BCUT2D eigenvalue weighted by molar-refractivity contribution is -0.155. The molecular weight excluding hydrogens is 486 g/mol. The Bertz CT molecular complexity index is 712. The first-order chi connectivity index (χ1) is 12.4. The Morgan fingerprint density at radius 3 is 2.19 bits per heavy atom. The highest BCUT2D eigenvalue weighted by atomic mass is 127. The lowest BCUT2D eigenvalue weighted by Gasteiger charge is -2.29. The predicted molar refractivity (Wildman–Crippen MR) is 98.8 cm³/mol. The van der Waals surface area contributed by atoms with Gasteiger partial charge in [0.1, 0.15) is 5.75 Å². The van der Waals surface area contributed by atoms with Crippen LogP contribution in [0.2, 0.25) is 0 Å². The summed E-state index contributed by atoms with van der Waals surface area (Å²) in [5, 5.41) is 0. The molecule has 0 aromatic heterocycles. The van der Waals surface area contributed by atoms with E-state index < -0.39 is 25.4 Å². The maximum absolute atomic E-state index is 11.5. The van der Waals surface area contributed by atoms with E-state index in [9.17, 15) is 26.9 Å². The molecule has 150 valence electrons. The lowest BCUT2D eigenvalue weighted by atomic mass is 10.1. The summed E-state index contributed by atoms with van der Waals surface area (Å²) < 4.78 is 50.6. The molecule has 0 N–H and O–H groups in total. The van der Waals surface area contributed by atoms with Crippen molar-refractivity contribution in [2.45, 2.75) is 20.1 Å². The number of hydrogen-bond donors (Lipinski definition) is 0. The van der Waals surface area contributed by atoms with Gasteiger partial charge in [-0.05, 0) is 40.8 Å². The van der Waals surface area contributed by atoms with E-state index in [-0.39, 0.29) is 0 Å². The SMILES string of the molecule is CC(=O)Oc1cc(I)ccc1C(OC(C)=O)N1C=CN(C)C1.F[B-](F)(F)F. The van der Waals surface area contributed by atoms with Crippen LogP contribution in [0.15, 0.2) is 30.6 Å². The number of rotatable bonds is 4. The summed E-state index contributed by atoms with van der Waals surface area (Å²) in [5.74, 6) is -0.423. The number of benzene rings is 1. The maximum Gasteiger partial charge on any atom is 0.673 e. The molecule has 1 aromatic rings. The zero-order valence-corrected chi connectivity index (χ0v) is 16.8. The molecule has 2 rings (SSSR count). The highest BCUT2D eigenvalue weighted by Gasteiger charge is 2.27. The second kappa shape index (κ2) is 9.81. The quantitative estimate of drug-likeness (QED) is 0.205. The molecule has 6 nitrogen and oxygen atoms in total. The van der Waals surface area contributed by atoms with Crippen molar-refractivity contribution >= 4 is 41.8 Å². The smallest absolute Gasteiger partial charge is 0.437 e. The zero-order valence-electron chi connectivity index (χ0n) is 14.7. The van der Waals surface area contributed by atoms with E-state index in [4.69, 9.17) is 9.47 Å². The van der Waals surface area contributed by atoms with Crippen LogP contribution in [0.4, 0.5) is 17.3 Å². The van der Waals surface area contributed by atoms with Gasteiger partial charge in [-0.25, -0.2) is 0 Å². The van der Waals surface area contributed by atoms with Crippen LogP contribution in [-0.2, 0) is 14.3 Å². The molecule has 0 bridgehead atoms. The first-order valence-electron chi connectivity index (χ1n) is 7.53. The average molecular weight is 503 g/mol. The van der Waals surface area contributed by atoms with Crippen LogP contribution in [0.1, 0.15) is 25.6 Å². The fraction of sp³-hybridized carbons (Fsp3) is 0.333. The molecule has 27 heavy (non-hydrogen) atoms. The van der Waals surface area contributed by atoms with Crippen molar-refractivity contribution in [1.29, 1.82) is 0 Å². The average Bonchev–Trinajstić information content (AvgIpc) is 2.89. The van der Waals surface area contributed by atoms with Crippen LogP contribution >= 0.6 is 22.6 Å². The molecule has 0 radical (unpaired) electrons. The number of nitrogens with zero attached hydrogens (tertiary/aromatic N) is 2. The molecule has 12 heteroatoms. The second-order valence-corrected chi connectivity index (χ2v) is 6.69. The topological polar surface area (TPSA) is 59.1 Å². The number of esters is 2. The summed E-state index contributed by atoms with van der Waals surface area (Å²) in [7, 11) is -4.08. The maximum atomic E-state index is 11.5. The Kier molecular flexibility index (Phi) is 8.37. The van der Waals surface area contributed by atoms with Crippen LogP contribution in [0, 0.1) is 3.57 Å². The van der Waals surface area contributed by atoms with Crippen molar-refractivity contribution in [1.82, 2.24) is 9.80 Å². The molecule has 0 saturated heterocycles. The number of carbonyl (C=O) groups is 2. The van der Waals surface area contributed by atoms with E-state index in [1.165, 1.54) is 13.8 Å². The van der Waals surface area contributed by atoms with Gasteiger partial charge in [-0.1, -0.05) is 0 Å². The zero-order chi connectivity index (χ0) is 20.8. The fourth-order valence-corrected chi connectivity index (χ4v) is 2.59.